The summed E-state index contributed by atoms with van der Waals surface area (Å²) in [5.41, 5.74) is 3.12. The molecule has 2 unspecified atom stereocenters. The number of hydrogen-bond donors (Lipinski definition) is 1. The molecule has 136 valence electrons. The van der Waals surface area contributed by atoms with E-state index in [0.29, 0.717) is 0 Å². The maximum Gasteiger partial charge on any atom is 0.146 e. The maximum atomic E-state index is 9.28. The maximum absolute atomic E-state index is 9.28. The van der Waals surface area contributed by atoms with Gasteiger partial charge in [0.15, 0.2) is 0 Å². The van der Waals surface area contributed by atoms with Crippen molar-refractivity contribution < 1.29 is 9.84 Å². The Morgan fingerprint density at radius 3 is 2.96 bits per heavy atom. The van der Waals surface area contributed by atoms with Gasteiger partial charge in [0.25, 0.3) is 0 Å². The molecule has 0 amide bonds. The summed E-state index contributed by atoms with van der Waals surface area (Å²) >= 11 is 7.90. The quantitative estimate of drug-likeness (QED) is 0.519. The fourth-order valence-electron chi connectivity index (χ4n) is 3.20. The summed E-state index contributed by atoms with van der Waals surface area (Å²) in [5.74, 6) is 0.795. The largest absolute Gasteiger partial charge is 0.394 e. The molecule has 1 aromatic carbocycles. The average Bonchev–Trinajstić information content (AvgIpc) is 3.29. The van der Waals surface area contributed by atoms with Crippen LogP contribution in [0.25, 0.3) is 11.0 Å². The minimum atomic E-state index is -0.0839. The van der Waals surface area contributed by atoms with Crippen LogP contribution in [-0.2, 0) is 10.5 Å². The van der Waals surface area contributed by atoms with E-state index in [2.05, 4.69) is 16.0 Å². The third kappa shape index (κ3) is 3.47. The molecular weight excluding hydrogens is 370 g/mol. The first kappa shape index (κ1) is 17.8. The van der Waals surface area contributed by atoms with Gasteiger partial charge in [-0.05, 0) is 43.0 Å². The van der Waals surface area contributed by atoms with Gasteiger partial charge in [-0.15, -0.1) is 11.8 Å². The molecule has 0 aliphatic carbocycles. The van der Waals surface area contributed by atoms with Crippen LogP contribution in [-0.4, -0.2) is 32.4 Å². The molecule has 0 spiro atoms. The van der Waals surface area contributed by atoms with Gasteiger partial charge in [0.1, 0.15) is 23.2 Å². The van der Waals surface area contributed by atoms with Crippen molar-refractivity contribution in [1.82, 2.24) is 14.5 Å². The molecule has 1 N–H and O–H groups in total. The van der Waals surface area contributed by atoms with Gasteiger partial charge in [0.05, 0.1) is 18.1 Å². The Labute approximate surface area is 161 Å². The van der Waals surface area contributed by atoms with E-state index in [9.17, 15) is 5.11 Å². The summed E-state index contributed by atoms with van der Waals surface area (Å²) in [4.78, 5) is 8.91. The smallest absolute Gasteiger partial charge is 0.146 e. The lowest BCUT2D eigenvalue weighted by Gasteiger charge is -2.14. The van der Waals surface area contributed by atoms with E-state index in [4.69, 9.17) is 16.3 Å². The lowest BCUT2D eigenvalue weighted by atomic mass is 10.2. The van der Waals surface area contributed by atoms with Crippen LogP contribution in [0.4, 0.5) is 0 Å². The summed E-state index contributed by atoms with van der Waals surface area (Å²) < 4.78 is 7.93. The second-order valence-electron chi connectivity index (χ2n) is 6.48. The molecule has 1 fully saturated rings. The summed E-state index contributed by atoms with van der Waals surface area (Å²) in [6.45, 7) is 2.06. The minimum Gasteiger partial charge on any atom is -0.394 e. The number of nitrogens with zero attached hydrogens (tertiary/aromatic N) is 3. The molecule has 3 heterocycles. The number of aliphatic hydroxyl groups excluding tert-OH is 1. The van der Waals surface area contributed by atoms with E-state index in [1.807, 2.05) is 35.9 Å². The molecule has 0 radical (unpaired) electrons. The monoisotopic (exact) mass is 389 g/mol. The Bertz CT molecular complexity index is 930. The van der Waals surface area contributed by atoms with Crippen molar-refractivity contribution in [2.75, 3.05) is 6.61 Å². The molecule has 7 heteroatoms. The number of aryl methyl sites for hydroxylation is 1. The second kappa shape index (κ2) is 7.56. The standard InChI is InChI=1S/C19H20ClN3O2S/c1-12-2-3-13(8-16(12)20)10-26-19-15-6-7-23(18(15)21-11-22-19)17-5-4-14(9-24)25-17/h2-3,6-8,11,14,17,24H,4-5,9-10H2,1H3. The van der Waals surface area contributed by atoms with Gasteiger partial charge in [0, 0.05) is 17.0 Å². The lowest BCUT2D eigenvalue weighted by Crippen LogP contribution is -2.14. The normalized spacial score (nSPS) is 20.1. The Morgan fingerprint density at radius 1 is 1.31 bits per heavy atom. The number of fused-ring (bicyclic) bond motifs is 1. The van der Waals surface area contributed by atoms with E-state index in [0.717, 1.165) is 45.2 Å². The fraction of sp³-hybridized carbons (Fsp3) is 0.368. The van der Waals surface area contributed by atoms with Crippen LogP contribution < -0.4 is 0 Å². The molecule has 3 aromatic rings. The topological polar surface area (TPSA) is 60.2 Å². The molecule has 1 aliphatic heterocycles. The van der Waals surface area contributed by atoms with Crippen LogP contribution in [0.15, 0.2) is 41.8 Å². The zero-order chi connectivity index (χ0) is 18.1. The summed E-state index contributed by atoms with van der Waals surface area (Å²) in [5, 5.41) is 12.0. The van der Waals surface area contributed by atoms with Gasteiger partial charge in [-0.25, -0.2) is 9.97 Å². The van der Waals surface area contributed by atoms with Crippen molar-refractivity contribution in [3.8, 4) is 0 Å². The van der Waals surface area contributed by atoms with E-state index < -0.39 is 0 Å². The third-order valence-electron chi connectivity index (χ3n) is 4.68. The molecule has 26 heavy (non-hydrogen) atoms. The highest BCUT2D eigenvalue weighted by atomic mass is 35.5. The zero-order valence-electron chi connectivity index (χ0n) is 14.4. The van der Waals surface area contributed by atoms with E-state index in [1.165, 1.54) is 5.56 Å². The number of aromatic nitrogens is 3. The van der Waals surface area contributed by atoms with Gasteiger partial charge < -0.3 is 14.4 Å². The van der Waals surface area contributed by atoms with E-state index in [1.54, 1.807) is 18.1 Å². The SMILES string of the molecule is Cc1ccc(CSc2ncnc3c2ccn3C2CCC(CO)O2)cc1Cl. The number of halogens is 1. The van der Waals surface area contributed by atoms with Gasteiger partial charge in [0.2, 0.25) is 0 Å². The fourth-order valence-corrected chi connectivity index (χ4v) is 4.32. The highest BCUT2D eigenvalue weighted by Crippen LogP contribution is 2.34. The van der Waals surface area contributed by atoms with Gasteiger partial charge in [-0.2, -0.15) is 0 Å². The number of thioether (sulfide) groups is 1. The van der Waals surface area contributed by atoms with Crippen LogP contribution in [0.1, 0.15) is 30.2 Å². The molecule has 1 aliphatic rings. The van der Waals surface area contributed by atoms with Crippen LogP contribution in [0.3, 0.4) is 0 Å². The average molecular weight is 390 g/mol. The number of benzene rings is 1. The molecule has 5 nitrogen and oxygen atoms in total. The molecule has 0 bridgehead atoms. The molecular formula is C19H20ClN3O2S. The Hall–Kier alpha value is -1.60. The first-order chi connectivity index (χ1) is 12.7. The van der Waals surface area contributed by atoms with Crippen molar-refractivity contribution in [2.45, 2.75) is 42.9 Å². The first-order valence-electron chi connectivity index (χ1n) is 8.61. The molecule has 0 saturated carbocycles. The van der Waals surface area contributed by atoms with Crippen molar-refractivity contribution in [3.05, 3.63) is 52.9 Å². The Morgan fingerprint density at radius 2 is 2.19 bits per heavy atom. The number of rotatable bonds is 5. The van der Waals surface area contributed by atoms with Gasteiger partial charge in [-0.1, -0.05) is 23.7 Å². The van der Waals surface area contributed by atoms with E-state index >= 15 is 0 Å². The van der Waals surface area contributed by atoms with Crippen molar-refractivity contribution in [3.63, 3.8) is 0 Å². The Kier molecular flexibility index (Phi) is 5.18. The van der Waals surface area contributed by atoms with Crippen LogP contribution in [0.2, 0.25) is 5.02 Å². The first-order valence-corrected chi connectivity index (χ1v) is 9.97. The number of ether oxygens (including phenoxy) is 1. The summed E-state index contributed by atoms with van der Waals surface area (Å²) in [7, 11) is 0. The van der Waals surface area contributed by atoms with Crippen molar-refractivity contribution in [1.29, 1.82) is 0 Å². The zero-order valence-corrected chi connectivity index (χ0v) is 16.0. The summed E-state index contributed by atoms with van der Waals surface area (Å²) in [6, 6.07) is 8.18. The highest BCUT2D eigenvalue weighted by molar-refractivity contribution is 7.98. The van der Waals surface area contributed by atoms with Crippen LogP contribution >= 0.6 is 23.4 Å². The summed E-state index contributed by atoms with van der Waals surface area (Å²) in [6.07, 6.45) is 5.18. The van der Waals surface area contributed by atoms with E-state index in [-0.39, 0.29) is 18.9 Å². The minimum absolute atomic E-state index is 0.0604. The molecule has 4 rings (SSSR count). The lowest BCUT2D eigenvalue weighted by molar-refractivity contribution is -0.0204. The van der Waals surface area contributed by atoms with Crippen LogP contribution in [0, 0.1) is 6.92 Å². The Balaban J connectivity index is 1.56. The third-order valence-corrected chi connectivity index (χ3v) is 6.17. The predicted octanol–water partition coefficient (Wildman–Crippen LogP) is 4.36. The van der Waals surface area contributed by atoms with Crippen molar-refractivity contribution >= 4 is 34.4 Å². The number of aliphatic hydroxyl groups is 1. The van der Waals surface area contributed by atoms with Gasteiger partial charge >= 0.3 is 0 Å². The highest BCUT2D eigenvalue weighted by Gasteiger charge is 2.27. The molecule has 2 atom stereocenters. The van der Waals surface area contributed by atoms with Crippen LogP contribution in [0.5, 0.6) is 0 Å². The predicted molar refractivity (Wildman–Crippen MR) is 104 cm³/mol. The molecule has 1 saturated heterocycles. The van der Waals surface area contributed by atoms with Gasteiger partial charge in [-0.3, -0.25) is 0 Å². The van der Waals surface area contributed by atoms with Crippen molar-refractivity contribution in [2.24, 2.45) is 0 Å². The molecule has 2 aromatic heterocycles. The second-order valence-corrected chi connectivity index (χ2v) is 7.86. The number of hydrogen-bond acceptors (Lipinski definition) is 5.